The first-order valence-corrected chi connectivity index (χ1v) is 12.6. The summed E-state index contributed by atoms with van der Waals surface area (Å²) in [6.07, 6.45) is 2.43. The molecule has 0 bridgehead atoms. The number of fused-ring (bicyclic) bond motifs is 1. The first-order chi connectivity index (χ1) is 15.8. The number of nitrogens with zero attached hydrogens (tertiary/aromatic N) is 2. The fraction of sp³-hybridized carbons (Fsp3) is 0.333. The van der Waals surface area contributed by atoms with Crippen LogP contribution in [0.5, 0.6) is 5.75 Å². The van der Waals surface area contributed by atoms with Gasteiger partial charge in [-0.05, 0) is 43.9 Å². The van der Waals surface area contributed by atoms with Gasteiger partial charge < -0.3 is 19.2 Å². The number of amides is 1. The summed E-state index contributed by atoms with van der Waals surface area (Å²) in [5.74, 6) is -1.90. The van der Waals surface area contributed by atoms with Crippen molar-refractivity contribution in [2.24, 2.45) is 0 Å². The predicted molar refractivity (Wildman–Crippen MR) is 119 cm³/mol. The number of anilines is 1. The Morgan fingerprint density at radius 1 is 1.21 bits per heavy atom. The molecule has 1 aliphatic rings. The number of thiophene rings is 1. The Hall–Kier alpha value is -3.25. The van der Waals surface area contributed by atoms with Gasteiger partial charge in [0.1, 0.15) is 16.5 Å². The lowest BCUT2D eigenvalue weighted by atomic mass is 10.1. The van der Waals surface area contributed by atoms with Crippen LogP contribution in [-0.4, -0.2) is 50.0 Å². The van der Waals surface area contributed by atoms with Gasteiger partial charge in [-0.2, -0.15) is 0 Å². The van der Waals surface area contributed by atoms with E-state index in [1.807, 2.05) is 0 Å². The van der Waals surface area contributed by atoms with Gasteiger partial charge >= 0.3 is 11.2 Å². The van der Waals surface area contributed by atoms with Crippen molar-refractivity contribution >= 4 is 38.1 Å². The molecule has 12 heteroatoms. The van der Waals surface area contributed by atoms with E-state index in [2.05, 4.69) is 15.5 Å². The minimum Gasteiger partial charge on any atom is -0.496 e. The van der Waals surface area contributed by atoms with Gasteiger partial charge in [0.25, 0.3) is 5.89 Å². The zero-order valence-electron chi connectivity index (χ0n) is 17.9. The monoisotopic (exact) mass is 491 g/mol. The molecule has 0 aliphatic heterocycles. The number of methoxy groups -OCH3 is 1. The van der Waals surface area contributed by atoms with Gasteiger partial charge in [0.15, 0.2) is 0 Å². The molecule has 0 fully saturated rings. The van der Waals surface area contributed by atoms with Crippen LogP contribution in [0, 0.1) is 0 Å². The highest BCUT2D eigenvalue weighted by atomic mass is 32.2. The summed E-state index contributed by atoms with van der Waals surface area (Å²) in [6, 6.07) is 6.76. The van der Waals surface area contributed by atoms with Crippen LogP contribution in [0.4, 0.5) is 5.00 Å². The van der Waals surface area contributed by atoms with Gasteiger partial charge in [0.2, 0.25) is 15.7 Å². The summed E-state index contributed by atoms with van der Waals surface area (Å²) in [5.41, 5.74) is 1.58. The normalized spacial score (nSPS) is 12.9. The second kappa shape index (κ2) is 9.32. The number of rotatable bonds is 8. The Kier molecular flexibility index (Phi) is 6.47. The first kappa shape index (κ1) is 22.9. The number of esters is 1. The highest BCUT2D eigenvalue weighted by Crippen LogP contribution is 2.39. The number of carbonyl (C=O) groups is 2. The quantitative estimate of drug-likeness (QED) is 0.471. The van der Waals surface area contributed by atoms with Gasteiger partial charge in [-0.15, -0.1) is 16.4 Å². The third-order valence-electron chi connectivity index (χ3n) is 4.98. The number of benzene rings is 1. The van der Waals surface area contributed by atoms with E-state index in [1.165, 1.54) is 18.4 Å². The van der Waals surface area contributed by atoms with Crippen molar-refractivity contribution in [3.05, 3.63) is 40.3 Å². The van der Waals surface area contributed by atoms with E-state index >= 15 is 0 Å². The maximum atomic E-state index is 12.7. The minimum atomic E-state index is -4.23. The Morgan fingerprint density at radius 3 is 2.76 bits per heavy atom. The molecule has 3 aromatic rings. The van der Waals surface area contributed by atoms with Crippen LogP contribution in [0.1, 0.15) is 34.1 Å². The molecular formula is C21H21N3O7S2. The first-order valence-electron chi connectivity index (χ1n) is 10.1. The van der Waals surface area contributed by atoms with Crippen molar-refractivity contribution in [3.8, 4) is 17.2 Å². The highest BCUT2D eigenvalue weighted by Gasteiger charge is 2.31. The van der Waals surface area contributed by atoms with Crippen molar-refractivity contribution in [1.82, 2.24) is 10.2 Å². The van der Waals surface area contributed by atoms with E-state index in [0.29, 0.717) is 28.3 Å². The zero-order chi connectivity index (χ0) is 23.6. The lowest BCUT2D eigenvalue weighted by Crippen LogP contribution is -2.24. The molecule has 2 heterocycles. The third kappa shape index (κ3) is 4.62. The number of para-hydroxylation sites is 1. The van der Waals surface area contributed by atoms with Crippen LogP contribution in [0.3, 0.4) is 0 Å². The maximum absolute atomic E-state index is 12.7. The molecule has 1 N–H and O–H groups in total. The smallest absolute Gasteiger partial charge is 0.341 e. The molecule has 0 atom stereocenters. The lowest BCUT2D eigenvalue weighted by Gasteiger charge is -2.07. The fourth-order valence-electron chi connectivity index (χ4n) is 3.57. The van der Waals surface area contributed by atoms with Crippen molar-refractivity contribution in [3.63, 3.8) is 0 Å². The summed E-state index contributed by atoms with van der Waals surface area (Å²) in [5, 5.41) is 9.54. The number of carbonyl (C=O) groups excluding carboxylic acids is 2. The van der Waals surface area contributed by atoms with Gasteiger partial charge in [-0.3, -0.25) is 4.79 Å². The average molecular weight is 492 g/mol. The lowest BCUT2D eigenvalue weighted by molar-refractivity contribution is -0.113. The minimum absolute atomic E-state index is 0.0503. The summed E-state index contributed by atoms with van der Waals surface area (Å²) in [4.78, 5) is 26.0. The van der Waals surface area contributed by atoms with E-state index in [-0.39, 0.29) is 12.5 Å². The Balaban J connectivity index is 1.53. The molecule has 0 saturated heterocycles. The highest BCUT2D eigenvalue weighted by molar-refractivity contribution is 7.91. The van der Waals surface area contributed by atoms with Gasteiger partial charge in [-0.1, -0.05) is 17.2 Å². The Bertz CT molecular complexity index is 1310. The molecule has 0 saturated carbocycles. The van der Waals surface area contributed by atoms with Crippen LogP contribution in [-0.2, 0) is 32.2 Å². The molecule has 0 unspecified atom stereocenters. The van der Waals surface area contributed by atoms with Crippen molar-refractivity contribution in [2.45, 2.75) is 31.4 Å². The molecule has 0 radical (unpaired) electrons. The van der Waals surface area contributed by atoms with E-state index in [9.17, 15) is 18.0 Å². The predicted octanol–water partition coefficient (Wildman–Crippen LogP) is 2.88. The number of sulfone groups is 1. The summed E-state index contributed by atoms with van der Waals surface area (Å²) < 4.78 is 41.1. The van der Waals surface area contributed by atoms with Crippen molar-refractivity contribution in [1.29, 1.82) is 0 Å². The largest absolute Gasteiger partial charge is 0.496 e. The number of aromatic nitrogens is 2. The standard InChI is InChI=1S/C21H21N3O7S2/c1-3-30-20(26)17-13-8-6-10-15(13)32-19(17)22-16(25)11-33(27,28)21-24-23-18(31-21)12-7-4-5-9-14(12)29-2/h4-5,7,9H,3,6,8,10-11H2,1-2H3,(H,22,25). The third-order valence-corrected chi connectivity index (χ3v) is 7.53. The van der Waals surface area contributed by atoms with E-state index < -0.39 is 32.7 Å². The number of nitrogens with one attached hydrogen (secondary N) is 1. The molecule has 33 heavy (non-hydrogen) atoms. The SMILES string of the molecule is CCOC(=O)c1c(NC(=O)CS(=O)(=O)c2nnc(-c3ccccc3OC)o2)sc2c1CCC2. The second-order valence-corrected chi connectivity index (χ2v) is 10.1. The summed E-state index contributed by atoms with van der Waals surface area (Å²) in [6.45, 7) is 1.88. The van der Waals surface area contributed by atoms with Crippen LogP contribution >= 0.6 is 11.3 Å². The van der Waals surface area contributed by atoms with Crippen LogP contribution < -0.4 is 10.1 Å². The molecule has 10 nitrogen and oxygen atoms in total. The molecule has 1 amide bonds. The number of ether oxygens (including phenoxy) is 2. The van der Waals surface area contributed by atoms with Crippen molar-refractivity contribution in [2.75, 3.05) is 24.8 Å². The zero-order valence-corrected chi connectivity index (χ0v) is 19.5. The number of hydrogen-bond acceptors (Lipinski definition) is 10. The van der Waals surface area contributed by atoms with Gasteiger partial charge in [0, 0.05) is 4.88 Å². The van der Waals surface area contributed by atoms with E-state index in [4.69, 9.17) is 13.9 Å². The fourth-order valence-corrected chi connectivity index (χ4v) is 5.78. The number of hydrogen-bond donors (Lipinski definition) is 1. The van der Waals surface area contributed by atoms with Crippen LogP contribution in [0.25, 0.3) is 11.5 Å². The Labute approximate surface area is 193 Å². The van der Waals surface area contributed by atoms with Gasteiger partial charge in [0.05, 0.1) is 24.8 Å². The molecular weight excluding hydrogens is 470 g/mol. The summed E-state index contributed by atoms with van der Waals surface area (Å²) >= 11 is 1.27. The molecule has 1 aliphatic carbocycles. The molecule has 4 rings (SSSR count). The molecule has 2 aromatic heterocycles. The van der Waals surface area contributed by atoms with Gasteiger partial charge in [-0.25, -0.2) is 13.2 Å². The summed E-state index contributed by atoms with van der Waals surface area (Å²) in [7, 11) is -2.77. The maximum Gasteiger partial charge on any atom is 0.341 e. The molecule has 174 valence electrons. The average Bonchev–Trinajstić information content (AvgIpc) is 3.49. The second-order valence-electron chi connectivity index (χ2n) is 7.16. The molecule has 1 aromatic carbocycles. The number of aryl methyl sites for hydroxylation is 1. The molecule has 0 spiro atoms. The Morgan fingerprint density at radius 2 is 2.00 bits per heavy atom. The topological polar surface area (TPSA) is 138 Å². The van der Waals surface area contributed by atoms with E-state index in [0.717, 1.165) is 23.3 Å². The van der Waals surface area contributed by atoms with E-state index in [1.54, 1.807) is 31.2 Å². The van der Waals surface area contributed by atoms with Crippen molar-refractivity contribution < 1.29 is 31.9 Å². The van der Waals surface area contributed by atoms with Crippen LogP contribution in [0.15, 0.2) is 33.9 Å². The van der Waals surface area contributed by atoms with Crippen LogP contribution in [0.2, 0.25) is 0 Å².